The number of carboxylic acid groups (broad SMARTS) is 1. The van der Waals surface area contributed by atoms with Gasteiger partial charge in [-0.2, -0.15) is 13.2 Å². The van der Waals surface area contributed by atoms with Crippen LogP contribution in [0.4, 0.5) is 18.9 Å². The molecule has 3 rings (SSSR count). The normalized spacial score (nSPS) is 21.1. The fourth-order valence-electron chi connectivity index (χ4n) is 4.14. The molecule has 0 aromatic heterocycles. The second kappa shape index (κ2) is 12.2. The molecule has 4 N–H and O–H groups in total. The number of aliphatic carboxylic acids is 1. The summed E-state index contributed by atoms with van der Waals surface area (Å²) in [6, 6.07) is 7.97. The number of carbonyl (C=O) groups is 3. The summed E-state index contributed by atoms with van der Waals surface area (Å²) in [6.07, 6.45) is 0.750. The van der Waals surface area contributed by atoms with Crippen molar-refractivity contribution in [2.24, 2.45) is 17.6 Å². The Morgan fingerprint density at radius 1 is 1.29 bits per heavy atom. The van der Waals surface area contributed by atoms with Crippen molar-refractivity contribution in [3.05, 3.63) is 42.0 Å². The van der Waals surface area contributed by atoms with Gasteiger partial charge in [0.2, 0.25) is 0 Å². The van der Waals surface area contributed by atoms with E-state index in [4.69, 9.17) is 20.4 Å². The summed E-state index contributed by atoms with van der Waals surface area (Å²) in [4.78, 5) is 36.0. The summed E-state index contributed by atoms with van der Waals surface area (Å²) in [5.74, 6) is -3.23. The van der Waals surface area contributed by atoms with Gasteiger partial charge in [-0.25, -0.2) is 4.79 Å². The number of nitrogens with zero attached hydrogens (tertiary/aromatic N) is 1. The molecule has 0 radical (unpaired) electrons. The van der Waals surface area contributed by atoms with Crippen molar-refractivity contribution in [2.45, 2.75) is 44.9 Å². The highest BCUT2D eigenvalue weighted by Gasteiger charge is 2.45. The number of carboxylic acids is 1. The standard InChI is InChI=1S/C22H31N3O3.C2HF3O2/c1-16(2)14-18(22(21(23)27)15-24-11-5-13-28-22)8-9-20(26)25-12-10-17-6-3-4-7-19(17)25;3-2(4,5)1(6)7/h3-4,6-9,16,18,24H,5,10-15H2,1-2H3,(H2,23,27);(H,6,7)/b9-8+;/t18-,22-;/m1./s1. The van der Waals surface area contributed by atoms with Gasteiger partial charge in [-0.05, 0) is 49.4 Å². The largest absolute Gasteiger partial charge is 0.490 e. The van der Waals surface area contributed by atoms with E-state index in [1.165, 1.54) is 5.56 Å². The summed E-state index contributed by atoms with van der Waals surface area (Å²) in [5.41, 5.74) is 6.84. The van der Waals surface area contributed by atoms with E-state index in [2.05, 4.69) is 25.2 Å². The van der Waals surface area contributed by atoms with Gasteiger partial charge in [0.05, 0.1) is 0 Å². The average molecular weight is 500 g/mol. The molecular weight excluding hydrogens is 467 g/mol. The van der Waals surface area contributed by atoms with Crippen LogP contribution in [0.2, 0.25) is 0 Å². The molecule has 11 heteroatoms. The molecule has 2 aliphatic rings. The maximum atomic E-state index is 12.9. The summed E-state index contributed by atoms with van der Waals surface area (Å²) in [7, 11) is 0. The Labute approximate surface area is 202 Å². The van der Waals surface area contributed by atoms with Crippen molar-refractivity contribution in [1.29, 1.82) is 0 Å². The fraction of sp³-hybridized carbons (Fsp3) is 0.542. The number of ether oxygens (including phenoxy) is 1. The molecule has 0 unspecified atom stereocenters. The van der Waals surface area contributed by atoms with Crippen molar-refractivity contribution in [2.75, 3.05) is 31.1 Å². The lowest BCUT2D eigenvalue weighted by Crippen LogP contribution is -2.57. The van der Waals surface area contributed by atoms with Gasteiger partial charge in [0.1, 0.15) is 0 Å². The van der Waals surface area contributed by atoms with E-state index in [-0.39, 0.29) is 11.8 Å². The summed E-state index contributed by atoms with van der Waals surface area (Å²) < 4.78 is 37.8. The van der Waals surface area contributed by atoms with Gasteiger partial charge in [0, 0.05) is 31.3 Å². The van der Waals surface area contributed by atoms with Crippen molar-refractivity contribution in [1.82, 2.24) is 5.32 Å². The molecule has 1 aromatic carbocycles. The summed E-state index contributed by atoms with van der Waals surface area (Å²) in [6.45, 7) is 6.50. The quantitative estimate of drug-likeness (QED) is 0.518. The zero-order valence-corrected chi connectivity index (χ0v) is 19.8. The number of benzene rings is 1. The van der Waals surface area contributed by atoms with E-state index in [0.29, 0.717) is 32.0 Å². The zero-order valence-electron chi connectivity index (χ0n) is 19.8. The molecule has 1 aromatic rings. The third-order valence-corrected chi connectivity index (χ3v) is 5.85. The lowest BCUT2D eigenvalue weighted by atomic mass is 9.80. The average Bonchev–Trinajstić information content (AvgIpc) is 3.04. The molecule has 0 aliphatic carbocycles. The van der Waals surface area contributed by atoms with E-state index in [0.717, 1.165) is 25.1 Å². The zero-order chi connectivity index (χ0) is 26.2. The molecule has 2 aliphatic heterocycles. The van der Waals surface area contributed by atoms with Crippen LogP contribution in [0.1, 0.15) is 32.3 Å². The van der Waals surface area contributed by atoms with Gasteiger partial charge in [-0.15, -0.1) is 0 Å². The van der Waals surface area contributed by atoms with E-state index >= 15 is 0 Å². The minimum Gasteiger partial charge on any atom is -0.475 e. The SMILES string of the molecule is CC(C)C[C@@H](/C=C/C(=O)N1CCc2ccccc21)[C@@]1(C(N)=O)CNCCCO1.O=C(O)C(F)(F)F. The van der Waals surface area contributed by atoms with Crippen LogP contribution in [0.25, 0.3) is 0 Å². The monoisotopic (exact) mass is 499 g/mol. The molecule has 2 atom stereocenters. The number of rotatable bonds is 6. The minimum atomic E-state index is -5.08. The topological polar surface area (TPSA) is 122 Å². The molecule has 8 nitrogen and oxygen atoms in total. The first-order chi connectivity index (χ1) is 16.4. The van der Waals surface area contributed by atoms with Crippen molar-refractivity contribution in [3.8, 4) is 0 Å². The highest BCUT2D eigenvalue weighted by atomic mass is 19.4. The second-order valence-corrected chi connectivity index (χ2v) is 8.90. The van der Waals surface area contributed by atoms with Crippen molar-refractivity contribution >= 4 is 23.5 Å². The van der Waals surface area contributed by atoms with Crippen molar-refractivity contribution in [3.63, 3.8) is 0 Å². The number of nitrogens with two attached hydrogens (primary N) is 1. The van der Waals surface area contributed by atoms with Gasteiger partial charge in [0.15, 0.2) is 5.60 Å². The minimum absolute atomic E-state index is 0.0695. The summed E-state index contributed by atoms with van der Waals surface area (Å²) >= 11 is 0. The lowest BCUT2D eigenvalue weighted by molar-refractivity contribution is -0.192. The van der Waals surface area contributed by atoms with Gasteiger partial charge in [-0.1, -0.05) is 38.1 Å². The molecule has 0 spiro atoms. The Balaban J connectivity index is 0.000000540. The number of fused-ring (bicyclic) bond motifs is 1. The van der Waals surface area contributed by atoms with Gasteiger partial charge >= 0.3 is 12.1 Å². The maximum Gasteiger partial charge on any atom is 0.490 e. The molecule has 1 saturated heterocycles. The number of hydrogen-bond acceptors (Lipinski definition) is 5. The number of halogens is 3. The van der Waals surface area contributed by atoms with Crippen LogP contribution in [-0.2, 0) is 25.5 Å². The van der Waals surface area contributed by atoms with E-state index in [9.17, 15) is 22.8 Å². The van der Waals surface area contributed by atoms with Gasteiger partial charge in [-0.3, -0.25) is 9.59 Å². The Morgan fingerprint density at radius 3 is 2.54 bits per heavy atom. The number of carbonyl (C=O) groups excluding carboxylic acids is 2. The van der Waals surface area contributed by atoms with Crippen LogP contribution in [-0.4, -0.2) is 60.9 Å². The highest BCUT2D eigenvalue weighted by Crippen LogP contribution is 2.32. The molecule has 1 fully saturated rings. The fourth-order valence-corrected chi connectivity index (χ4v) is 4.14. The van der Waals surface area contributed by atoms with Crippen LogP contribution >= 0.6 is 0 Å². The molecular formula is C24H32F3N3O5. The molecule has 2 heterocycles. The molecule has 2 amide bonds. The van der Waals surface area contributed by atoms with Gasteiger partial charge in [0.25, 0.3) is 11.8 Å². The number of hydrogen-bond donors (Lipinski definition) is 3. The third kappa shape index (κ3) is 7.53. The predicted octanol–water partition coefficient (Wildman–Crippen LogP) is 2.66. The molecule has 0 bridgehead atoms. The van der Waals surface area contributed by atoms with E-state index in [1.54, 1.807) is 11.0 Å². The number of para-hydroxylation sites is 1. The number of primary amides is 1. The van der Waals surface area contributed by atoms with E-state index in [1.807, 2.05) is 24.3 Å². The van der Waals surface area contributed by atoms with Gasteiger partial charge < -0.3 is 25.8 Å². The first-order valence-corrected chi connectivity index (χ1v) is 11.4. The molecule has 35 heavy (non-hydrogen) atoms. The Kier molecular flexibility index (Phi) is 9.84. The Morgan fingerprint density at radius 2 is 1.94 bits per heavy atom. The molecule has 0 saturated carbocycles. The van der Waals surface area contributed by atoms with E-state index < -0.39 is 23.7 Å². The van der Waals surface area contributed by atoms with Crippen LogP contribution in [0.3, 0.4) is 0 Å². The van der Waals surface area contributed by atoms with Crippen LogP contribution in [0.15, 0.2) is 36.4 Å². The third-order valence-electron chi connectivity index (χ3n) is 5.85. The van der Waals surface area contributed by atoms with Crippen LogP contribution < -0.4 is 16.0 Å². The van der Waals surface area contributed by atoms with Crippen LogP contribution in [0, 0.1) is 11.8 Å². The lowest BCUT2D eigenvalue weighted by Gasteiger charge is -2.36. The van der Waals surface area contributed by atoms with Crippen LogP contribution in [0.5, 0.6) is 0 Å². The van der Waals surface area contributed by atoms with Crippen molar-refractivity contribution < 1.29 is 37.4 Å². The molecule has 194 valence electrons. The smallest absolute Gasteiger partial charge is 0.475 e. The maximum absolute atomic E-state index is 12.9. The second-order valence-electron chi connectivity index (χ2n) is 8.90. The first-order valence-electron chi connectivity index (χ1n) is 11.4. The number of anilines is 1. The number of alkyl halides is 3. The first kappa shape index (κ1) is 28.3. The highest BCUT2D eigenvalue weighted by molar-refractivity contribution is 6.03. The summed E-state index contributed by atoms with van der Waals surface area (Å²) in [5, 5.41) is 10.4. The number of amides is 2. The predicted molar refractivity (Wildman–Crippen MR) is 124 cm³/mol. The number of nitrogens with one attached hydrogen (secondary N) is 1. The Hall–Kier alpha value is -2.92. The Bertz CT molecular complexity index is 925.